The minimum atomic E-state index is 0.332. The molecule has 0 aliphatic heterocycles. The van der Waals surface area contributed by atoms with E-state index in [0.29, 0.717) is 28.6 Å². The lowest BCUT2D eigenvalue weighted by molar-refractivity contribution is 0.816. The van der Waals surface area contributed by atoms with Crippen molar-refractivity contribution in [2.75, 3.05) is 5.32 Å². The molecule has 0 atom stereocenters. The van der Waals surface area contributed by atoms with Crippen molar-refractivity contribution < 1.29 is 0 Å². The maximum atomic E-state index is 8.88. The van der Waals surface area contributed by atoms with E-state index in [1.165, 1.54) is 0 Å². The van der Waals surface area contributed by atoms with E-state index in [4.69, 9.17) is 16.9 Å². The van der Waals surface area contributed by atoms with Gasteiger partial charge in [-0.25, -0.2) is 4.98 Å². The summed E-state index contributed by atoms with van der Waals surface area (Å²) in [4.78, 5) is 8.79. The third-order valence-electron chi connectivity index (χ3n) is 3.73. The van der Waals surface area contributed by atoms with E-state index in [1.54, 1.807) is 23.0 Å². The molecule has 0 aliphatic rings. The first-order valence-corrected chi connectivity index (χ1v) is 8.18. The molecule has 0 saturated heterocycles. The normalized spacial score (nSPS) is 10.6. The minimum absolute atomic E-state index is 0.332. The Hall–Kier alpha value is -3.50. The Labute approximate surface area is 153 Å². The topological polar surface area (TPSA) is 92.3 Å². The molecule has 2 aromatic heterocycles. The van der Waals surface area contributed by atoms with Crippen LogP contribution in [0.2, 0.25) is 5.02 Å². The largest absolute Gasteiger partial charge is 0.324 e. The Balaban J connectivity index is 1.72. The van der Waals surface area contributed by atoms with E-state index in [0.717, 1.165) is 16.9 Å². The Morgan fingerprint density at radius 3 is 2.81 bits per heavy atom. The van der Waals surface area contributed by atoms with E-state index < -0.39 is 0 Å². The van der Waals surface area contributed by atoms with Crippen LogP contribution in [0.25, 0.3) is 16.9 Å². The van der Waals surface area contributed by atoms with Crippen LogP contribution >= 0.6 is 11.6 Å². The first kappa shape index (κ1) is 16.0. The van der Waals surface area contributed by atoms with Gasteiger partial charge in [0.25, 0.3) is 0 Å². The van der Waals surface area contributed by atoms with Gasteiger partial charge in [-0.1, -0.05) is 28.9 Å². The molecular weight excluding hydrogens is 350 g/mol. The van der Waals surface area contributed by atoms with Gasteiger partial charge in [-0.3, -0.25) is 0 Å². The molecule has 7 nitrogen and oxygen atoms in total. The molecule has 0 bridgehead atoms. The van der Waals surface area contributed by atoms with Gasteiger partial charge < -0.3 is 5.32 Å². The van der Waals surface area contributed by atoms with E-state index >= 15 is 0 Å². The zero-order chi connectivity index (χ0) is 17.9. The highest BCUT2D eigenvalue weighted by molar-refractivity contribution is 6.30. The molecule has 0 radical (unpaired) electrons. The highest BCUT2D eigenvalue weighted by Crippen LogP contribution is 2.20. The number of anilines is 2. The van der Waals surface area contributed by atoms with Crippen molar-refractivity contribution in [2.24, 2.45) is 0 Å². The van der Waals surface area contributed by atoms with Gasteiger partial charge in [0.15, 0.2) is 11.2 Å². The molecule has 0 aliphatic carbocycles. The van der Waals surface area contributed by atoms with Crippen molar-refractivity contribution in [1.82, 2.24) is 25.0 Å². The van der Waals surface area contributed by atoms with Gasteiger partial charge in [-0.2, -0.15) is 14.9 Å². The van der Waals surface area contributed by atoms with Crippen LogP contribution in [-0.2, 0) is 6.42 Å². The number of rotatable bonds is 4. The van der Waals surface area contributed by atoms with Gasteiger partial charge in [0.2, 0.25) is 5.95 Å². The molecule has 0 spiro atoms. The number of nitriles is 1. The van der Waals surface area contributed by atoms with Crippen LogP contribution in [0.3, 0.4) is 0 Å². The fourth-order valence-electron chi connectivity index (χ4n) is 2.51. The number of fused-ring (bicyclic) bond motifs is 1. The summed E-state index contributed by atoms with van der Waals surface area (Å²) in [7, 11) is 0. The lowest BCUT2D eigenvalue weighted by atomic mass is 10.1. The second-order valence-electron chi connectivity index (χ2n) is 5.54. The van der Waals surface area contributed by atoms with Crippen LogP contribution in [0.1, 0.15) is 5.56 Å². The number of benzene rings is 2. The average Bonchev–Trinajstić information content (AvgIpc) is 3.07. The third kappa shape index (κ3) is 3.18. The molecule has 26 heavy (non-hydrogen) atoms. The highest BCUT2D eigenvalue weighted by atomic mass is 35.5. The van der Waals surface area contributed by atoms with E-state index in [1.807, 2.05) is 36.4 Å². The molecule has 1 N–H and O–H groups in total. The summed E-state index contributed by atoms with van der Waals surface area (Å²) >= 11 is 5.90. The van der Waals surface area contributed by atoms with Crippen molar-refractivity contribution in [1.29, 1.82) is 5.26 Å². The van der Waals surface area contributed by atoms with Crippen molar-refractivity contribution in [3.63, 3.8) is 0 Å². The number of nitrogens with zero attached hydrogens (tertiary/aromatic N) is 6. The monoisotopic (exact) mass is 361 g/mol. The molecule has 0 amide bonds. The van der Waals surface area contributed by atoms with Crippen molar-refractivity contribution in [2.45, 2.75) is 6.42 Å². The van der Waals surface area contributed by atoms with Crippen LogP contribution < -0.4 is 5.32 Å². The zero-order valence-corrected chi connectivity index (χ0v) is 14.2. The van der Waals surface area contributed by atoms with Gasteiger partial charge >= 0.3 is 0 Å². The number of hydrogen-bond donors (Lipinski definition) is 1. The maximum absolute atomic E-state index is 8.88. The fraction of sp³-hybridized carbons (Fsp3) is 0.0556. The van der Waals surface area contributed by atoms with Gasteiger partial charge in [0.05, 0.1) is 24.4 Å². The van der Waals surface area contributed by atoms with Crippen LogP contribution in [0, 0.1) is 11.3 Å². The molecule has 2 heterocycles. The number of halogens is 1. The lowest BCUT2D eigenvalue weighted by Gasteiger charge is -2.06. The number of hydrogen-bond acceptors (Lipinski definition) is 6. The Kier molecular flexibility index (Phi) is 4.17. The van der Waals surface area contributed by atoms with E-state index in [2.05, 4.69) is 31.7 Å². The Bertz CT molecular complexity index is 1110. The van der Waals surface area contributed by atoms with Gasteiger partial charge in [0, 0.05) is 10.7 Å². The number of aromatic nitrogens is 5. The summed E-state index contributed by atoms with van der Waals surface area (Å²) in [5.74, 6) is 0.427. The smallest absolute Gasteiger partial charge is 0.229 e. The van der Waals surface area contributed by atoms with E-state index in [-0.39, 0.29) is 0 Å². The highest BCUT2D eigenvalue weighted by Gasteiger charge is 2.11. The fourth-order valence-corrected chi connectivity index (χ4v) is 2.64. The molecular formula is C18H12ClN7. The summed E-state index contributed by atoms with van der Waals surface area (Å²) < 4.78 is 1.63. The molecule has 126 valence electrons. The predicted octanol–water partition coefficient (Wildman–Crippen LogP) is 3.67. The second kappa shape index (κ2) is 6.78. The maximum Gasteiger partial charge on any atom is 0.229 e. The van der Waals surface area contributed by atoms with Crippen LogP contribution in [-0.4, -0.2) is 25.0 Å². The minimum Gasteiger partial charge on any atom is -0.324 e. The summed E-state index contributed by atoms with van der Waals surface area (Å²) in [5.41, 5.74) is 3.67. The van der Waals surface area contributed by atoms with Crippen LogP contribution in [0.5, 0.6) is 0 Å². The van der Waals surface area contributed by atoms with Crippen molar-refractivity contribution >= 4 is 34.4 Å². The van der Waals surface area contributed by atoms with Gasteiger partial charge in [-0.15, -0.1) is 5.10 Å². The second-order valence-corrected chi connectivity index (χ2v) is 5.98. The molecule has 2 aromatic carbocycles. The van der Waals surface area contributed by atoms with Gasteiger partial charge in [0.1, 0.15) is 0 Å². The third-order valence-corrected chi connectivity index (χ3v) is 3.98. The molecule has 8 heteroatoms. The van der Waals surface area contributed by atoms with E-state index in [9.17, 15) is 0 Å². The molecule has 0 saturated carbocycles. The van der Waals surface area contributed by atoms with Crippen LogP contribution in [0.4, 0.5) is 11.6 Å². The predicted molar refractivity (Wildman–Crippen MR) is 98.5 cm³/mol. The molecule has 4 rings (SSSR count). The first-order valence-electron chi connectivity index (χ1n) is 7.80. The summed E-state index contributed by atoms with van der Waals surface area (Å²) in [5, 5.41) is 20.9. The average molecular weight is 362 g/mol. The Morgan fingerprint density at radius 2 is 2.00 bits per heavy atom. The summed E-state index contributed by atoms with van der Waals surface area (Å²) in [6.45, 7) is 0. The van der Waals surface area contributed by atoms with Crippen LogP contribution in [0.15, 0.2) is 54.7 Å². The first-order chi connectivity index (χ1) is 12.7. The molecule has 0 unspecified atom stereocenters. The lowest BCUT2D eigenvalue weighted by Crippen LogP contribution is -2.02. The SMILES string of the molecule is N#CCc1cccc(-n2nnc3cnc(Nc4ccc(Cl)cc4)nc32)c1. The summed E-state index contributed by atoms with van der Waals surface area (Å²) in [6.07, 6.45) is 1.95. The molecule has 4 aromatic rings. The zero-order valence-electron chi connectivity index (χ0n) is 13.5. The van der Waals surface area contributed by atoms with Gasteiger partial charge in [-0.05, 0) is 42.0 Å². The number of nitrogens with one attached hydrogen (secondary N) is 1. The quantitative estimate of drug-likeness (QED) is 0.596. The summed E-state index contributed by atoms with van der Waals surface area (Å²) in [6, 6.07) is 17.0. The van der Waals surface area contributed by atoms with Crippen molar-refractivity contribution in [3.8, 4) is 11.8 Å². The molecule has 0 fully saturated rings. The Morgan fingerprint density at radius 1 is 1.15 bits per heavy atom. The van der Waals surface area contributed by atoms with Crippen molar-refractivity contribution in [3.05, 3.63) is 65.3 Å². The standard InChI is InChI=1S/C18H12ClN7/c19-13-4-6-14(7-5-13)22-18-21-11-16-17(23-18)26(25-24-16)15-3-1-2-12(10-15)8-9-20/h1-7,10-11H,8H2,(H,21,22,23).